The molecule has 0 saturated heterocycles. The first kappa shape index (κ1) is 10.0. The van der Waals surface area contributed by atoms with E-state index < -0.39 is 0 Å². The Bertz CT molecular complexity index is 463. The van der Waals surface area contributed by atoms with Crippen LogP contribution in [-0.4, -0.2) is 19.9 Å². The molecule has 0 saturated carbocycles. The van der Waals surface area contributed by atoms with E-state index in [0.29, 0.717) is 11.7 Å². The number of nitrogens with two attached hydrogens (primary N) is 1. The summed E-state index contributed by atoms with van der Waals surface area (Å²) >= 11 is 1.51. The third-order valence-corrected chi connectivity index (χ3v) is 2.93. The lowest BCUT2D eigenvalue weighted by atomic mass is 10.4. The number of rotatable bonds is 3. The van der Waals surface area contributed by atoms with Crippen LogP contribution in [0.1, 0.15) is 11.5 Å². The minimum absolute atomic E-state index is 0.409. The predicted molar refractivity (Wildman–Crippen MR) is 56.2 cm³/mol. The maximum Gasteiger partial charge on any atom is 0.222 e. The van der Waals surface area contributed by atoms with Crippen molar-refractivity contribution in [2.75, 3.05) is 5.73 Å². The van der Waals surface area contributed by atoms with E-state index in [4.69, 9.17) is 10.3 Å². The molecule has 0 bridgehead atoms. The smallest absolute Gasteiger partial charge is 0.222 e. The van der Waals surface area contributed by atoms with Crippen LogP contribution in [0.2, 0.25) is 0 Å². The van der Waals surface area contributed by atoms with Crippen molar-refractivity contribution in [2.45, 2.75) is 17.8 Å². The van der Waals surface area contributed by atoms with Crippen molar-refractivity contribution >= 4 is 17.7 Å². The summed E-state index contributed by atoms with van der Waals surface area (Å²) in [4.78, 5) is 0. The van der Waals surface area contributed by atoms with Gasteiger partial charge in [-0.2, -0.15) is 0 Å². The van der Waals surface area contributed by atoms with Gasteiger partial charge in [-0.1, -0.05) is 16.9 Å². The molecule has 2 aromatic heterocycles. The fourth-order valence-electron chi connectivity index (χ4n) is 1.07. The number of anilines is 1. The Morgan fingerprint density at radius 1 is 1.53 bits per heavy atom. The van der Waals surface area contributed by atoms with Crippen LogP contribution < -0.4 is 5.73 Å². The zero-order valence-electron chi connectivity index (χ0n) is 8.47. The standard InChI is InChI=1S/C8H11N5OS/c1-5-3-6(14-12-5)4-15-8-11-10-7(9)13(8)2/h3H,4H2,1-2H3,(H2,9,10). The molecular formula is C8H11N5OS. The zero-order chi connectivity index (χ0) is 10.8. The number of aryl methyl sites for hydroxylation is 1. The molecule has 0 aliphatic rings. The molecule has 0 aliphatic carbocycles. The fraction of sp³-hybridized carbons (Fsp3) is 0.375. The van der Waals surface area contributed by atoms with Gasteiger partial charge in [-0.15, -0.1) is 10.2 Å². The highest BCUT2D eigenvalue weighted by atomic mass is 32.2. The van der Waals surface area contributed by atoms with Gasteiger partial charge >= 0.3 is 0 Å². The molecule has 2 aromatic rings. The maximum atomic E-state index is 5.55. The Morgan fingerprint density at radius 2 is 2.33 bits per heavy atom. The van der Waals surface area contributed by atoms with Gasteiger partial charge in [-0.3, -0.25) is 4.57 Å². The van der Waals surface area contributed by atoms with Gasteiger partial charge in [0.15, 0.2) is 5.16 Å². The maximum absolute atomic E-state index is 5.55. The molecule has 15 heavy (non-hydrogen) atoms. The summed E-state index contributed by atoms with van der Waals surface area (Å²) in [5.74, 6) is 1.90. The first-order valence-corrected chi connectivity index (χ1v) is 5.35. The van der Waals surface area contributed by atoms with Crippen molar-refractivity contribution in [3.05, 3.63) is 17.5 Å². The van der Waals surface area contributed by atoms with Crippen LogP contribution in [0.3, 0.4) is 0 Å². The molecule has 0 radical (unpaired) electrons. The van der Waals surface area contributed by atoms with Crippen LogP contribution >= 0.6 is 11.8 Å². The van der Waals surface area contributed by atoms with Gasteiger partial charge in [0.25, 0.3) is 0 Å². The third-order valence-electron chi connectivity index (χ3n) is 1.89. The van der Waals surface area contributed by atoms with E-state index in [1.807, 2.05) is 20.0 Å². The third kappa shape index (κ3) is 2.12. The topological polar surface area (TPSA) is 82.8 Å². The van der Waals surface area contributed by atoms with Crippen LogP contribution in [0.25, 0.3) is 0 Å². The number of nitrogens with zero attached hydrogens (tertiary/aromatic N) is 4. The lowest BCUT2D eigenvalue weighted by Crippen LogP contribution is -1.97. The van der Waals surface area contributed by atoms with Crippen molar-refractivity contribution in [2.24, 2.45) is 7.05 Å². The SMILES string of the molecule is Cc1cc(CSc2nnc(N)n2C)on1. The fourth-order valence-corrected chi connectivity index (χ4v) is 1.86. The summed E-state index contributed by atoms with van der Waals surface area (Å²) in [6.07, 6.45) is 0. The molecule has 0 unspecified atom stereocenters. The van der Waals surface area contributed by atoms with Crippen LogP contribution in [0, 0.1) is 6.92 Å². The number of aromatic nitrogens is 4. The summed E-state index contributed by atoms with van der Waals surface area (Å²) in [5.41, 5.74) is 6.43. The second kappa shape index (κ2) is 3.93. The van der Waals surface area contributed by atoms with E-state index in [9.17, 15) is 0 Å². The average molecular weight is 225 g/mol. The summed E-state index contributed by atoms with van der Waals surface area (Å²) in [7, 11) is 1.82. The Hall–Kier alpha value is -1.50. The van der Waals surface area contributed by atoms with Gasteiger partial charge in [-0.25, -0.2) is 0 Å². The van der Waals surface area contributed by atoms with Crippen molar-refractivity contribution in [1.29, 1.82) is 0 Å². The Kier molecular flexibility index (Phi) is 2.63. The molecule has 0 atom stereocenters. The molecule has 2 heterocycles. The number of hydrogen-bond acceptors (Lipinski definition) is 6. The van der Waals surface area contributed by atoms with Crippen molar-refractivity contribution in [3.63, 3.8) is 0 Å². The van der Waals surface area contributed by atoms with E-state index in [1.165, 1.54) is 11.8 Å². The lowest BCUT2D eigenvalue weighted by Gasteiger charge is -1.97. The molecule has 80 valence electrons. The second-order valence-electron chi connectivity index (χ2n) is 3.12. The van der Waals surface area contributed by atoms with Gasteiger partial charge in [-0.05, 0) is 6.92 Å². The van der Waals surface area contributed by atoms with E-state index in [1.54, 1.807) is 4.57 Å². The summed E-state index contributed by atoms with van der Waals surface area (Å²) in [5, 5.41) is 12.2. The van der Waals surface area contributed by atoms with E-state index >= 15 is 0 Å². The quantitative estimate of drug-likeness (QED) is 0.784. The molecule has 2 rings (SSSR count). The van der Waals surface area contributed by atoms with Gasteiger partial charge in [0.2, 0.25) is 5.95 Å². The molecule has 0 fully saturated rings. The highest BCUT2D eigenvalue weighted by Crippen LogP contribution is 2.21. The molecule has 0 spiro atoms. The first-order chi connectivity index (χ1) is 7.16. The predicted octanol–water partition coefficient (Wildman–Crippen LogP) is 0.986. The number of nitrogen functional groups attached to an aromatic ring is 1. The van der Waals surface area contributed by atoms with Gasteiger partial charge < -0.3 is 10.3 Å². The molecule has 6 nitrogen and oxygen atoms in total. The number of thioether (sulfide) groups is 1. The molecule has 0 aromatic carbocycles. The lowest BCUT2D eigenvalue weighted by molar-refractivity contribution is 0.391. The summed E-state index contributed by atoms with van der Waals surface area (Å²) < 4.78 is 6.80. The second-order valence-corrected chi connectivity index (χ2v) is 4.07. The van der Waals surface area contributed by atoms with Crippen LogP contribution in [-0.2, 0) is 12.8 Å². The summed E-state index contributed by atoms with van der Waals surface area (Å²) in [6.45, 7) is 1.89. The van der Waals surface area contributed by atoms with E-state index in [-0.39, 0.29) is 0 Å². The molecular weight excluding hydrogens is 214 g/mol. The summed E-state index contributed by atoms with van der Waals surface area (Å²) in [6, 6.07) is 1.90. The van der Waals surface area contributed by atoms with Crippen LogP contribution in [0.4, 0.5) is 5.95 Å². The van der Waals surface area contributed by atoms with Crippen molar-refractivity contribution in [3.8, 4) is 0 Å². The van der Waals surface area contributed by atoms with E-state index in [2.05, 4.69) is 15.4 Å². The normalized spacial score (nSPS) is 10.8. The Morgan fingerprint density at radius 3 is 2.87 bits per heavy atom. The van der Waals surface area contributed by atoms with Crippen LogP contribution in [0.5, 0.6) is 0 Å². The number of hydrogen-bond donors (Lipinski definition) is 1. The molecule has 7 heteroatoms. The molecule has 2 N–H and O–H groups in total. The van der Waals surface area contributed by atoms with Gasteiger partial charge in [0.05, 0.1) is 11.4 Å². The highest BCUT2D eigenvalue weighted by Gasteiger charge is 2.08. The zero-order valence-corrected chi connectivity index (χ0v) is 9.28. The highest BCUT2D eigenvalue weighted by molar-refractivity contribution is 7.98. The minimum Gasteiger partial charge on any atom is -0.368 e. The van der Waals surface area contributed by atoms with E-state index in [0.717, 1.165) is 16.6 Å². The van der Waals surface area contributed by atoms with Crippen LogP contribution in [0.15, 0.2) is 15.7 Å². The minimum atomic E-state index is 0.409. The Labute approximate surface area is 90.8 Å². The Balaban J connectivity index is 2.02. The van der Waals surface area contributed by atoms with Crippen molar-refractivity contribution in [1.82, 2.24) is 19.9 Å². The molecule has 0 aliphatic heterocycles. The van der Waals surface area contributed by atoms with Crippen molar-refractivity contribution < 1.29 is 4.52 Å². The van der Waals surface area contributed by atoms with Gasteiger partial charge in [0, 0.05) is 13.1 Å². The first-order valence-electron chi connectivity index (χ1n) is 4.36. The average Bonchev–Trinajstić information content (AvgIpc) is 2.74. The molecule has 0 amide bonds. The largest absolute Gasteiger partial charge is 0.368 e. The monoisotopic (exact) mass is 225 g/mol. The van der Waals surface area contributed by atoms with Gasteiger partial charge in [0.1, 0.15) is 5.76 Å².